The van der Waals surface area contributed by atoms with E-state index >= 15 is 0 Å². The maximum absolute atomic E-state index is 12.3. The number of nitrogens with one attached hydrogen (secondary N) is 1. The molecule has 1 amide bonds. The third-order valence-corrected chi connectivity index (χ3v) is 4.82. The van der Waals surface area contributed by atoms with E-state index in [-0.39, 0.29) is 11.5 Å². The second-order valence-corrected chi connectivity index (χ2v) is 6.94. The highest BCUT2D eigenvalue weighted by molar-refractivity contribution is 7.13. The van der Waals surface area contributed by atoms with Gasteiger partial charge in [0.05, 0.1) is 0 Å². The minimum atomic E-state index is -1.02. The van der Waals surface area contributed by atoms with Crippen molar-refractivity contribution in [2.75, 3.05) is 5.32 Å². The number of Topliss-reactive ketones (excluding diaryl/α,β-unsaturated/α-hetero) is 1. The molecule has 0 bridgehead atoms. The zero-order valence-corrected chi connectivity index (χ0v) is 16.2. The van der Waals surface area contributed by atoms with Gasteiger partial charge in [0, 0.05) is 22.2 Å². The van der Waals surface area contributed by atoms with Crippen LogP contribution in [0.4, 0.5) is 5.69 Å². The number of anilines is 1. The highest BCUT2D eigenvalue weighted by Crippen LogP contribution is 2.23. The second-order valence-electron chi connectivity index (χ2n) is 6.08. The Balaban J connectivity index is 1.62. The molecule has 6 nitrogen and oxygen atoms in total. The zero-order valence-electron chi connectivity index (χ0n) is 15.3. The van der Waals surface area contributed by atoms with Crippen LogP contribution in [0.2, 0.25) is 0 Å². The number of aromatic nitrogens is 1. The maximum atomic E-state index is 12.3. The van der Waals surface area contributed by atoms with Crippen molar-refractivity contribution in [1.29, 1.82) is 0 Å². The lowest BCUT2D eigenvalue weighted by molar-refractivity contribution is -0.123. The molecule has 3 aromatic rings. The summed E-state index contributed by atoms with van der Waals surface area (Å²) >= 11 is 1.33. The minimum absolute atomic E-state index is 0.103. The highest BCUT2D eigenvalue weighted by atomic mass is 32.1. The van der Waals surface area contributed by atoms with Crippen molar-refractivity contribution in [3.8, 4) is 10.6 Å². The van der Waals surface area contributed by atoms with Crippen LogP contribution >= 0.6 is 11.3 Å². The number of ketones is 1. The Hall–Kier alpha value is -3.32. The summed E-state index contributed by atoms with van der Waals surface area (Å²) in [6, 6.07) is 16.0. The van der Waals surface area contributed by atoms with Crippen molar-refractivity contribution in [2.24, 2.45) is 0 Å². The molecule has 0 saturated heterocycles. The largest absolute Gasteiger partial charge is 0.448 e. The molecule has 1 N–H and O–H groups in total. The topological polar surface area (TPSA) is 85.4 Å². The number of ether oxygens (including phenoxy) is 1. The summed E-state index contributed by atoms with van der Waals surface area (Å²) in [6.45, 7) is 2.93. The summed E-state index contributed by atoms with van der Waals surface area (Å²) in [6.07, 6.45) is -1.02. The highest BCUT2D eigenvalue weighted by Gasteiger charge is 2.21. The summed E-state index contributed by atoms with van der Waals surface area (Å²) in [5, 5.41) is 4.94. The van der Waals surface area contributed by atoms with Crippen molar-refractivity contribution < 1.29 is 19.1 Å². The van der Waals surface area contributed by atoms with Gasteiger partial charge in [-0.1, -0.05) is 42.5 Å². The SMILES string of the molecule is CC(=O)c1cccc(NC(=O)[C@@H](C)OC(=O)c2csc(-c3ccccc3)n2)c1. The Morgan fingerprint density at radius 1 is 1.07 bits per heavy atom. The van der Waals surface area contributed by atoms with Crippen LogP contribution < -0.4 is 5.32 Å². The molecule has 0 unspecified atom stereocenters. The number of hydrogen-bond donors (Lipinski definition) is 1. The second kappa shape index (κ2) is 8.58. The van der Waals surface area contributed by atoms with Crippen LogP contribution in [0.15, 0.2) is 60.0 Å². The lowest BCUT2D eigenvalue weighted by Gasteiger charge is -2.13. The molecule has 0 aliphatic rings. The smallest absolute Gasteiger partial charge is 0.358 e. The summed E-state index contributed by atoms with van der Waals surface area (Å²) in [5.41, 5.74) is 2.00. The maximum Gasteiger partial charge on any atom is 0.358 e. The van der Waals surface area contributed by atoms with Gasteiger partial charge in [-0.25, -0.2) is 9.78 Å². The molecular formula is C21H18N2O4S. The first-order chi connectivity index (χ1) is 13.4. The molecule has 1 heterocycles. The number of benzene rings is 2. The Bertz CT molecular complexity index is 1010. The van der Waals surface area contributed by atoms with Crippen molar-refractivity contribution in [3.63, 3.8) is 0 Å². The van der Waals surface area contributed by atoms with Gasteiger partial charge >= 0.3 is 5.97 Å². The van der Waals surface area contributed by atoms with Gasteiger partial charge in [-0.3, -0.25) is 9.59 Å². The fourth-order valence-corrected chi connectivity index (χ4v) is 3.21. The number of thiazole rings is 1. The molecule has 0 aliphatic heterocycles. The summed E-state index contributed by atoms with van der Waals surface area (Å²) in [5.74, 6) is -1.26. The van der Waals surface area contributed by atoms with Crippen molar-refractivity contribution >= 4 is 34.7 Å². The molecule has 0 fully saturated rings. The lowest BCUT2D eigenvalue weighted by atomic mass is 10.1. The predicted molar refractivity (Wildman–Crippen MR) is 108 cm³/mol. The van der Waals surface area contributed by atoms with Gasteiger partial charge in [-0.05, 0) is 26.0 Å². The molecule has 0 radical (unpaired) electrons. The third kappa shape index (κ3) is 4.69. The first-order valence-electron chi connectivity index (χ1n) is 8.58. The number of carbonyl (C=O) groups excluding carboxylic acids is 3. The van der Waals surface area contributed by atoms with Crippen molar-refractivity contribution in [1.82, 2.24) is 4.98 Å². The van der Waals surface area contributed by atoms with Gasteiger partial charge in [-0.15, -0.1) is 11.3 Å². The van der Waals surface area contributed by atoms with E-state index in [2.05, 4.69) is 10.3 Å². The summed E-state index contributed by atoms with van der Waals surface area (Å²) in [7, 11) is 0. The Labute approximate surface area is 166 Å². The van der Waals surface area contributed by atoms with E-state index in [4.69, 9.17) is 4.74 Å². The van der Waals surface area contributed by atoms with E-state index < -0.39 is 18.0 Å². The van der Waals surface area contributed by atoms with Gasteiger partial charge in [0.2, 0.25) is 0 Å². The average molecular weight is 394 g/mol. The number of nitrogens with zero attached hydrogens (tertiary/aromatic N) is 1. The molecule has 1 atom stereocenters. The lowest BCUT2D eigenvalue weighted by Crippen LogP contribution is -2.30. The summed E-state index contributed by atoms with van der Waals surface area (Å²) in [4.78, 5) is 40.3. The molecule has 2 aromatic carbocycles. The first-order valence-corrected chi connectivity index (χ1v) is 9.46. The molecule has 0 aliphatic carbocycles. The summed E-state index contributed by atoms with van der Waals surface area (Å²) < 4.78 is 5.22. The average Bonchev–Trinajstić information content (AvgIpc) is 3.19. The molecule has 142 valence electrons. The number of carbonyl (C=O) groups is 3. The molecule has 0 saturated carbocycles. The minimum Gasteiger partial charge on any atom is -0.448 e. The fraction of sp³-hybridized carbons (Fsp3) is 0.143. The van der Waals surface area contributed by atoms with Crippen LogP contribution in [-0.4, -0.2) is 28.7 Å². The Morgan fingerprint density at radius 3 is 2.54 bits per heavy atom. The standard InChI is InChI=1S/C21H18N2O4S/c1-13(24)16-9-6-10-17(11-16)22-19(25)14(2)27-21(26)18-12-28-20(23-18)15-7-4-3-5-8-15/h3-12,14H,1-2H3,(H,22,25)/t14-/m1/s1. The van der Waals surface area contributed by atoms with Gasteiger partial charge in [0.1, 0.15) is 5.01 Å². The van der Waals surface area contributed by atoms with E-state index in [0.29, 0.717) is 16.3 Å². The van der Waals surface area contributed by atoms with Gasteiger partial charge in [0.25, 0.3) is 5.91 Å². The van der Waals surface area contributed by atoms with Crippen molar-refractivity contribution in [2.45, 2.75) is 20.0 Å². The van der Waals surface area contributed by atoms with E-state index in [1.807, 2.05) is 30.3 Å². The predicted octanol–water partition coefficient (Wildman–Crippen LogP) is 4.20. The number of amides is 1. The quantitative estimate of drug-likeness (QED) is 0.500. The molecule has 7 heteroatoms. The number of hydrogen-bond acceptors (Lipinski definition) is 6. The molecule has 3 rings (SSSR count). The van der Waals surface area contributed by atoms with E-state index in [9.17, 15) is 14.4 Å². The molecule has 1 aromatic heterocycles. The van der Waals surface area contributed by atoms with E-state index in [0.717, 1.165) is 5.56 Å². The van der Waals surface area contributed by atoms with Gasteiger partial charge in [-0.2, -0.15) is 0 Å². The van der Waals surface area contributed by atoms with Crippen molar-refractivity contribution in [3.05, 3.63) is 71.2 Å². The van der Waals surface area contributed by atoms with Crippen LogP contribution in [0, 0.1) is 0 Å². The van der Waals surface area contributed by atoms with Gasteiger partial charge in [0.15, 0.2) is 17.6 Å². The first kappa shape index (κ1) is 19.4. The van der Waals surface area contributed by atoms with E-state index in [1.54, 1.807) is 29.6 Å². The van der Waals surface area contributed by atoms with E-state index in [1.165, 1.54) is 25.2 Å². The van der Waals surface area contributed by atoms with Crippen LogP contribution in [0.5, 0.6) is 0 Å². The monoisotopic (exact) mass is 394 g/mol. The molecule has 28 heavy (non-hydrogen) atoms. The van der Waals surface area contributed by atoms with Gasteiger partial charge < -0.3 is 10.1 Å². The van der Waals surface area contributed by atoms with Crippen LogP contribution in [0.25, 0.3) is 10.6 Å². The van der Waals surface area contributed by atoms with Crippen LogP contribution in [0.3, 0.4) is 0 Å². The zero-order chi connectivity index (χ0) is 20.1. The number of esters is 1. The third-order valence-electron chi connectivity index (χ3n) is 3.92. The Kier molecular flexibility index (Phi) is 5.96. The van der Waals surface area contributed by atoms with Crippen LogP contribution in [0.1, 0.15) is 34.7 Å². The Morgan fingerprint density at radius 2 is 1.82 bits per heavy atom. The molecular weight excluding hydrogens is 376 g/mol. The fourth-order valence-electron chi connectivity index (χ4n) is 2.42. The number of rotatable bonds is 6. The molecule has 0 spiro atoms. The van der Waals surface area contributed by atoms with Crippen LogP contribution in [-0.2, 0) is 9.53 Å². The normalized spacial score (nSPS) is 11.5.